The molecule has 0 amide bonds. The molecule has 2 nitrogen and oxygen atoms in total. The average molecular weight is 226 g/mol. The maximum atomic E-state index is 9.29. The number of aliphatic hydroxyl groups excluding tert-OH is 1. The highest BCUT2D eigenvalue weighted by Gasteiger charge is 2.35. The van der Waals surface area contributed by atoms with Gasteiger partial charge in [-0.3, -0.25) is 0 Å². The molecule has 2 rings (SSSR count). The summed E-state index contributed by atoms with van der Waals surface area (Å²) in [5.41, 5.74) is 1.05. The third-order valence-corrected chi connectivity index (χ3v) is 3.59. The average Bonchev–Trinajstić information content (AvgIpc) is 2.19. The Morgan fingerprint density at radius 1 is 1.33 bits per heavy atom. The van der Waals surface area contributed by atoms with Crippen LogP contribution in [-0.4, -0.2) is 17.3 Å². The molecule has 0 heterocycles. The Morgan fingerprint density at radius 3 is 2.60 bits per heavy atom. The van der Waals surface area contributed by atoms with Crippen molar-refractivity contribution < 1.29 is 5.11 Å². The summed E-state index contributed by atoms with van der Waals surface area (Å²) < 4.78 is 0. The molecule has 0 saturated heterocycles. The fraction of sp³-hybridized carbons (Fsp3) is 0.500. The van der Waals surface area contributed by atoms with Gasteiger partial charge in [-0.15, -0.1) is 0 Å². The highest BCUT2D eigenvalue weighted by Crippen LogP contribution is 2.31. The molecule has 0 bridgehead atoms. The molecule has 0 radical (unpaired) electrons. The van der Waals surface area contributed by atoms with Crippen molar-refractivity contribution in [3.63, 3.8) is 0 Å². The van der Waals surface area contributed by atoms with Crippen LogP contribution in [0.1, 0.15) is 24.8 Å². The maximum Gasteiger partial charge on any atom is 0.0613 e. The van der Waals surface area contributed by atoms with Crippen LogP contribution in [0, 0.1) is 0 Å². The van der Waals surface area contributed by atoms with Gasteiger partial charge in [-0.1, -0.05) is 29.8 Å². The lowest BCUT2D eigenvalue weighted by molar-refractivity contribution is 0.0872. The smallest absolute Gasteiger partial charge is 0.0613 e. The molecule has 1 aromatic carbocycles. The number of hydrogen-bond donors (Lipinski definition) is 2. The van der Waals surface area contributed by atoms with Crippen LogP contribution in [0.4, 0.5) is 0 Å². The second kappa shape index (κ2) is 4.52. The number of nitrogens with one attached hydrogen (secondary N) is 1. The number of aliphatic hydroxyl groups is 1. The predicted molar refractivity (Wildman–Crippen MR) is 62.0 cm³/mol. The van der Waals surface area contributed by atoms with Gasteiger partial charge in [0.15, 0.2) is 0 Å². The molecule has 0 spiro atoms. The summed E-state index contributed by atoms with van der Waals surface area (Å²) >= 11 is 6.05. The fourth-order valence-electron chi connectivity index (χ4n) is 1.92. The van der Waals surface area contributed by atoms with Crippen LogP contribution in [0.3, 0.4) is 0 Å². The van der Waals surface area contributed by atoms with Crippen LogP contribution < -0.4 is 5.32 Å². The molecule has 2 N–H and O–H groups in total. The minimum Gasteiger partial charge on any atom is -0.394 e. The van der Waals surface area contributed by atoms with E-state index >= 15 is 0 Å². The number of halogens is 1. The summed E-state index contributed by atoms with van der Waals surface area (Å²) in [5.74, 6) is 0. The van der Waals surface area contributed by atoms with Crippen molar-refractivity contribution in [2.24, 2.45) is 0 Å². The van der Waals surface area contributed by atoms with Gasteiger partial charge in [-0.2, -0.15) is 0 Å². The normalized spacial score (nSPS) is 18.5. The first-order valence-electron chi connectivity index (χ1n) is 5.35. The standard InChI is InChI=1S/C12H16ClNO/c13-11-5-2-1-4-10(11)8-14-12(9-15)6-3-7-12/h1-2,4-5,14-15H,3,6-9H2. The van der Waals surface area contributed by atoms with Crippen molar-refractivity contribution in [3.05, 3.63) is 34.9 Å². The van der Waals surface area contributed by atoms with E-state index in [0.29, 0.717) is 0 Å². The van der Waals surface area contributed by atoms with Gasteiger partial charge < -0.3 is 10.4 Å². The molecule has 15 heavy (non-hydrogen) atoms. The summed E-state index contributed by atoms with van der Waals surface area (Å²) in [6.07, 6.45) is 3.33. The molecule has 3 heteroatoms. The second-order valence-electron chi connectivity index (χ2n) is 4.24. The van der Waals surface area contributed by atoms with Gasteiger partial charge in [0.25, 0.3) is 0 Å². The van der Waals surface area contributed by atoms with E-state index in [-0.39, 0.29) is 12.1 Å². The SMILES string of the molecule is OCC1(NCc2ccccc2Cl)CCC1. The molecule has 1 aliphatic carbocycles. The van der Waals surface area contributed by atoms with Gasteiger partial charge in [0.05, 0.1) is 6.61 Å². The second-order valence-corrected chi connectivity index (χ2v) is 4.64. The Bertz CT molecular complexity index is 331. The van der Waals surface area contributed by atoms with Crippen molar-refractivity contribution in [2.75, 3.05) is 6.61 Å². The van der Waals surface area contributed by atoms with E-state index in [9.17, 15) is 5.11 Å². The fourth-order valence-corrected chi connectivity index (χ4v) is 2.12. The molecule has 1 aromatic rings. The summed E-state index contributed by atoms with van der Waals surface area (Å²) in [6.45, 7) is 0.956. The Balaban J connectivity index is 1.95. The van der Waals surface area contributed by atoms with E-state index in [2.05, 4.69) is 5.32 Å². The van der Waals surface area contributed by atoms with Crippen molar-refractivity contribution in [1.29, 1.82) is 0 Å². The zero-order valence-electron chi connectivity index (χ0n) is 8.67. The zero-order valence-corrected chi connectivity index (χ0v) is 9.43. The van der Waals surface area contributed by atoms with Crippen LogP contribution in [0.5, 0.6) is 0 Å². The van der Waals surface area contributed by atoms with Crippen LogP contribution in [-0.2, 0) is 6.54 Å². The quantitative estimate of drug-likeness (QED) is 0.825. The molecule has 1 saturated carbocycles. The van der Waals surface area contributed by atoms with E-state index in [1.54, 1.807) is 0 Å². The first kappa shape index (κ1) is 10.9. The first-order valence-corrected chi connectivity index (χ1v) is 5.73. The van der Waals surface area contributed by atoms with Crippen molar-refractivity contribution in [2.45, 2.75) is 31.3 Å². The largest absolute Gasteiger partial charge is 0.394 e. The van der Waals surface area contributed by atoms with Crippen LogP contribution in [0.2, 0.25) is 5.02 Å². The molecular formula is C12H16ClNO. The van der Waals surface area contributed by atoms with E-state index in [0.717, 1.165) is 30.0 Å². The van der Waals surface area contributed by atoms with Crippen LogP contribution >= 0.6 is 11.6 Å². The van der Waals surface area contributed by atoms with Gasteiger partial charge in [0, 0.05) is 17.1 Å². The Labute approximate surface area is 95.3 Å². The van der Waals surface area contributed by atoms with Gasteiger partial charge >= 0.3 is 0 Å². The Kier molecular flexibility index (Phi) is 3.29. The molecular weight excluding hydrogens is 210 g/mol. The van der Waals surface area contributed by atoms with Crippen molar-refractivity contribution in [3.8, 4) is 0 Å². The highest BCUT2D eigenvalue weighted by molar-refractivity contribution is 6.31. The topological polar surface area (TPSA) is 32.3 Å². The maximum absolute atomic E-state index is 9.29. The van der Waals surface area contributed by atoms with Gasteiger partial charge in [-0.25, -0.2) is 0 Å². The number of hydrogen-bond acceptors (Lipinski definition) is 2. The predicted octanol–water partition coefficient (Wildman–Crippen LogP) is 2.34. The summed E-state index contributed by atoms with van der Waals surface area (Å²) in [7, 11) is 0. The highest BCUT2D eigenvalue weighted by atomic mass is 35.5. The molecule has 1 fully saturated rings. The van der Waals surface area contributed by atoms with E-state index in [1.807, 2.05) is 24.3 Å². The van der Waals surface area contributed by atoms with Crippen molar-refractivity contribution >= 4 is 11.6 Å². The molecule has 0 aromatic heterocycles. The third kappa shape index (κ3) is 2.33. The van der Waals surface area contributed by atoms with E-state index in [4.69, 9.17) is 11.6 Å². The lowest BCUT2D eigenvalue weighted by Crippen LogP contribution is -2.53. The number of rotatable bonds is 4. The summed E-state index contributed by atoms with van der Waals surface area (Å²) in [4.78, 5) is 0. The Hall–Kier alpha value is -0.570. The van der Waals surface area contributed by atoms with Crippen LogP contribution in [0.15, 0.2) is 24.3 Å². The summed E-state index contributed by atoms with van der Waals surface area (Å²) in [6, 6.07) is 7.82. The first-order chi connectivity index (χ1) is 7.26. The minimum absolute atomic E-state index is 0.0425. The van der Waals surface area contributed by atoms with E-state index < -0.39 is 0 Å². The van der Waals surface area contributed by atoms with Gasteiger partial charge in [0.1, 0.15) is 0 Å². The molecule has 1 aliphatic rings. The lowest BCUT2D eigenvalue weighted by Gasteiger charge is -2.41. The Morgan fingerprint density at radius 2 is 2.07 bits per heavy atom. The molecule has 82 valence electrons. The molecule has 0 aliphatic heterocycles. The van der Waals surface area contributed by atoms with Gasteiger partial charge in [-0.05, 0) is 30.9 Å². The molecule has 0 atom stereocenters. The zero-order chi connectivity index (χ0) is 10.7. The lowest BCUT2D eigenvalue weighted by atomic mass is 9.77. The van der Waals surface area contributed by atoms with Crippen LogP contribution in [0.25, 0.3) is 0 Å². The van der Waals surface area contributed by atoms with E-state index in [1.165, 1.54) is 6.42 Å². The molecule has 0 unspecified atom stereocenters. The van der Waals surface area contributed by atoms with Crippen molar-refractivity contribution in [1.82, 2.24) is 5.32 Å². The third-order valence-electron chi connectivity index (χ3n) is 3.23. The monoisotopic (exact) mass is 225 g/mol. The van der Waals surface area contributed by atoms with Gasteiger partial charge in [0.2, 0.25) is 0 Å². The summed E-state index contributed by atoms with van der Waals surface area (Å²) in [5, 5.41) is 13.5. The number of benzene rings is 1. The minimum atomic E-state index is -0.0425.